The van der Waals surface area contributed by atoms with Crippen LogP contribution in [-0.2, 0) is 4.74 Å². The standard InChI is InChI=1S/C9H17ClO/c1-9(2)6-5-8(11-9)4-3-7-10/h8H,3-7H2,1-2H3. The van der Waals surface area contributed by atoms with Gasteiger partial charge in [-0.15, -0.1) is 11.6 Å². The Morgan fingerprint density at radius 3 is 2.73 bits per heavy atom. The summed E-state index contributed by atoms with van der Waals surface area (Å²) in [5, 5.41) is 0. The topological polar surface area (TPSA) is 9.23 Å². The molecule has 11 heavy (non-hydrogen) atoms. The lowest BCUT2D eigenvalue weighted by Gasteiger charge is -2.18. The van der Waals surface area contributed by atoms with E-state index in [2.05, 4.69) is 13.8 Å². The van der Waals surface area contributed by atoms with E-state index in [1.165, 1.54) is 12.8 Å². The van der Waals surface area contributed by atoms with Crippen molar-refractivity contribution in [3.8, 4) is 0 Å². The van der Waals surface area contributed by atoms with E-state index in [1.807, 2.05) is 0 Å². The Bertz CT molecular complexity index is 123. The van der Waals surface area contributed by atoms with Gasteiger partial charge in [-0.3, -0.25) is 0 Å². The van der Waals surface area contributed by atoms with Crippen molar-refractivity contribution in [3.05, 3.63) is 0 Å². The van der Waals surface area contributed by atoms with Crippen LogP contribution in [0, 0.1) is 0 Å². The number of alkyl halides is 1. The highest BCUT2D eigenvalue weighted by molar-refractivity contribution is 6.17. The number of ether oxygens (including phenoxy) is 1. The molecule has 0 N–H and O–H groups in total. The summed E-state index contributed by atoms with van der Waals surface area (Å²) < 4.78 is 5.79. The van der Waals surface area contributed by atoms with Gasteiger partial charge in [-0.05, 0) is 39.5 Å². The Morgan fingerprint density at radius 1 is 1.55 bits per heavy atom. The van der Waals surface area contributed by atoms with Gasteiger partial charge in [0.25, 0.3) is 0 Å². The van der Waals surface area contributed by atoms with Gasteiger partial charge in [0.2, 0.25) is 0 Å². The van der Waals surface area contributed by atoms with Crippen LogP contribution in [0.25, 0.3) is 0 Å². The van der Waals surface area contributed by atoms with Gasteiger partial charge in [0.05, 0.1) is 11.7 Å². The molecule has 1 aliphatic rings. The molecule has 1 unspecified atom stereocenters. The zero-order valence-electron chi connectivity index (χ0n) is 7.40. The van der Waals surface area contributed by atoms with E-state index in [4.69, 9.17) is 16.3 Å². The summed E-state index contributed by atoms with van der Waals surface area (Å²) in [5.74, 6) is 0.764. The molecule has 1 fully saturated rings. The van der Waals surface area contributed by atoms with Crippen molar-refractivity contribution in [1.29, 1.82) is 0 Å². The van der Waals surface area contributed by atoms with Crippen LogP contribution in [0.5, 0.6) is 0 Å². The molecule has 0 aromatic rings. The molecule has 0 radical (unpaired) electrons. The Kier molecular flexibility index (Phi) is 3.20. The molecular formula is C9H17ClO. The Balaban J connectivity index is 2.20. The summed E-state index contributed by atoms with van der Waals surface area (Å²) in [6, 6.07) is 0. The average molecular weight is 177 g/mol. The fourth-order valence-electron chi connectivity index (χ4n) is 1.59. The Morgan fingerprint density at radius 2 is 2.27 bits per heavy atom. The maximum Gasteiger partial charge on any atom is 0.0631 e. The van der Waals surface area contributed by atoms with Gasteiger partial charge in [0.15, 0.2) is 0 Å². The smallest absolute Gasteiger partial charge is 0.0631 e. The molecule has 1 atom stereocenters. The van der Waals surface area contributed by atoms with Crippen LogP contribution < -0.4 is 0 Å². The third kappa shape index (κ3) is 3.00. The van der Waals surface area contributed by atoms with Gasteiger partial charge in [-0.2, -0.15) is 0 Å². The minimum Gasteiger partial charge on any atom is -0.372 e. The lowest BCUT2D eigenvalue weighted by atomic mass is 10.0. The van der Waals surface area contributed by atoms with Crippen molar-refractivity contribution in [3.63, 3.8) is 0 Å². The first-order valence-electron chi connectivity index (χ1n) is 4.38. The maximum atomic E-state index is 5.79. The first-order valence-corrected chi connectivity index (χ1v) is 4.91. The van der Waals surface area contributed by atoms with Crippen molar-refractivity contribution < 1.29 is 4.74 Å². The van der Waals surface area contributed by atoms with Gasteiger partial charge in [-0.1, -0.05) is 0 Å². The van der Waals surface area contributed by atoms with Gasteiger partial charge in [0, 0.05) is 5.88 Å². The van der Waals surface area contributed by atoms with Crippen LogP contribution >= 0.6 is 11.6 Å². The maximum absolute atomic E-state index is 5.79. The van der Waals surface area contributed by atoms with E-state index in [-0.39, 0.29) is 5.60 Å². The van der Waals surface area contributed by atoms with Crippen LogP contribution in [0.15, 0.2) is 0 Å². The van der Waals surface area contributed by atoms with E-state index in [9.17, 15) is 0 Å². The SMILES string of the molecule is CC1(C)CCC(CCCCl)O1. The van der Waals surface area contributed by atoms with E-state index in [0.29, 0.717) is 6.10 Å². The molecule has 0 aromatic heterocycles. The summed E-state index contributed by atoms with van der Waals surface area (Å²) in [7, 11) is 0. The van der Waals surface area contributed by atoms with Crippen LogP contribution in [0.4, 0.5) is 0 Å². The molecular weight excluding hydrogens is 160 g/mol. The molecule has 2 heteroatoms. The second-order valence-corrected chi connectivity index (χ2v) is 4.25. The summed E-state index contributed by atoms with van der Waals surface area (Å²) in [6.07, 6.45) is 5.10. The molecule has 1 nitrogen and oxygen atoms in total. The molecule has 1 heterocycles. The zero-order chi connectivity index (χ0) is 8.32. The van der Waals surface area contributed by atoms with Gasteiger partial charge in [0.1, 0.15) is 0 Å². The summed E-state index contributed by atoms with van der Waals surface area (Å²) in [5.41, 5.74) is 0.122. The lowest BCUT2D eigenvalue weighted by molar-refractivity contribution is -0.0183. The molecule has 0 aliphatic carbocycles. The number of hydrogen-bond acceptors (Lipinski definition) is 1. The van der Waals surface area contributed by atoms with Crippen LogP contribution in [0.1, 0.15) is 39.5 Å². The largest absolute Gasteiger partial charge is 0.372 e. The first kappa shape index (κ1) is 9.34. The lowest BCUT2D eigenvalue weighted by Crippen LogP contribution is -2.19. The Hall–Kier alpha value is 0.250. The third-order valence-electron chi connectivity index (χ3n) is 2.21. The summed E-state index contributed by atoms with van der Waals surface area (Å²) in [4.78, 5) is 0. The van der Waals surface area contributed by atoms with Crippen LogP contribution in [-0.4, -0.2) is 17.6 Å². The molecule has 0 spiro atoms. The quantitative estimate of drug-likeness (QED) is 0.601. The predicted octanol–water partition coefficient (Wildman–Crippen LogP) is 2.96. The highest BCUT2D eigenvalue weighted by Gasteiger charge is 2.30. The fraction of sp³-hybridized carbons (Fsp3) is 1.00. The molecule has 66 valence electrons. The molecule has 0 bridgehead atoms. The van der Waals surface area contributed by atoms with E-state index in [0.717, 1.165) is 18.7 Å². The molecule has 1 rings (SSSR count). The van der Waals surface area contributed by atoms with Gasteiger partial charge >= 0.3 is 0 Å². The molecule has 1 aliphatic heterocycles. The fourth-order valence-corrected chi connectivity index (χ4v) is 1.74. The minimum absolute atomic E-state index is 0.122. The number of hydrogen-bond donors (Lipinski definition) is 0. The minimum atomic E-state index is 0.122. The monoisotopic (exact) mass is 176 g/mol. The van der Waals surface area contributed by atoms with E-state index < -0.39 is 0 Å². The van der Waals surface area contributed by atoms with Gasteiger partial charge in [-0.25, -0.2) is 0 Å². The third-order valence-corrected chi connectivity index (χ3v) is 2.48. The predicted molar refractivity (Wildman–Crippen MR) is 48.1 cm³/mol. The van der Waals surface area contributed by atoms with Crippen molar-refractivity contribution >= 4 is 11.6 Å². The molecule has 0 saturated carbocycles. The molecule has 1 saturated heterocycles. The van der Waals surface area contributed by atoms with Crippen LogP contribution in [0.3, 0.4) is 0 Å². The zero-order valence-corrected chi connectivity index (χ0v) is 8.16. The van der Waals surface area contributed by atoms with Gasteiger partial charge < -0.3 is 4.74 Å². The van der Waals surface area contributed by atoms with Crippen LogP contribution in [0.2, 0.25) is 0 Å². The highest BCUT2D eigenvalue weighted by atomic mass is 35.5. The summed E-state index contributed by atoms with van der Waals surface area (Å²) >= 11 is 5.60. The second-order valence-electron chi connectivity index (χ2n) is 3.87. The van der Waals surface area contributed by atoms with Crippen molar-refractivity contribution in [2.75, 3.05) is 5.88 Å². The summed E-state index contributed by atoms with van der Waals surface area (Å²) in [6.45, 7) is 4.32. The molecule has 0 aromatic carbocycles. The Labute approximate surface area is 74.1 Å². The van der Waals surface area contributed by atoms with Crippen molar-refractivity contribution in [1.82, 2.24) is 0 Å². The normalized spacial score (nSPS) is 29.2. The highest BCUT2D eigenvalue weighted by Crippen LogP contribution is 2.31. The van der Waals surface area contributed by atoms with E-state index in [1.54, 1.807) is 0 Å². The average Bonchev–Trinajstić information content (AvgIpc) is 2.26. The number of rotatable bonds is 3. The van der Waals surface area contributed by atoms with Crippen molar-refractivity contribution in [2.24, 2.45) is 0 Å². The first-order chi connectivity index (χ1) is 5.14. The van der Waals surface area contributed by atoms with E-state index >= 15 is 0 Å². The van der Waals surface area contributed by atoms with Crippen molar-refractivity contribution in [2.45, 2.75) is 51.2 Å². The molecule has 0 amide bonds. The second kappa shape index (κ2) is 3.77. The number of halogens is 1.